The molecule has 0 amide bonds. The fourth-order valence-corrected chi connectivity index (χ4v) is 2.06. The zero-order valence-electron chi connectivity index (χ0n) is 11.9. The summed E-state index contributed by atoms with van der Waals surface area (Å²) in [5.41, 5.74) is 6.51. The first-order valence-electron chi connectivity index (χ1n) is 6.15. The van der Waals surface area contributed by atoms with E-state index in [-0.39, 0.29) is 22.6 Å². The van der Waals surface area contributed by atoms with Crippen LogP contribution in [0.15, 0.2) is 24.4 Å². The molecule has 2 aromatic rings. The molecule has 0 aliphatic heterocycles. The van der Waals surface area contributed by atoms with E-state index in [9.17, 15) is 14.9 Å². The van der Waals surface area contributed by atoms with Gasteiger partial charge in [-0.05, 0) is 13.0 Å². The molecule has 1 aromatic heterocycles. The quantitative estimate of drug-likeness (QED) is 0.524. The highest BCUT2D eigenvalue weighted by Gasteiger charge is 2.23. The number of nitro groups is 1. The van der Waals surface area contributed by atoms with E-state index in [4.69, 9.17) is 11.0 Å². The summed E-state index contributed by atoms with van der Waals surface area (Å²) in [6, 6.07) is 6.32. The van der Waals surface area contributed by atoms with Crippen molar-refractivity contribution >= 4 is 17.3 Å². The van der Waals surface area contributed by atoms with Gasteiger partial charge in [0.2, 0.25) is 0 Å². The number of ether oxygens (including phenoxy) is 1. The first-order chi connectivity index (χ1) is 10.4. The van der Waals surface area contributed by atoms with E-state index in [0.717, 1.165) is 0 Å². The summed E-state index contributed by atoms with van der Waals surface area (Å²) in [7, 11) is 1.18. The highest BCUT2D eigenvalue weighted by Crippen LogP contribution is 2.28. The van der Waals surface area contributed by atoms with Gasteiger partial charge in [0.15, 0.2) is 5.69 Å². The zero-order chi connectivity index (χ0) is 16.4. The van der Waals surface area contributed by atoms with Gasteiger partial charge in [0.05, 0.1) is 29.0 Å². The number of hydrogen-bond donors (Lipinski definition) is 1. The Morgan fingerprint density at radius 2 is 2.18 bits per heavy atom. The number of aryl methyl sites for hydroxylation is 1. The number of carbonyl (C=O) groups excluding carboxylic acids is 1. The van der Waals surface area contributed by atoms with E-state index in [1.807, 2.05) is 6.07 Å². The maximum absolute atomic E-state index is 11.9. The van der Waals surface area contributed by atoms with Crippen molar-refractivity contribution in [3.05, 3.63) is 51.3 Å². The maximum Gasteiger partial charge on any atom is 0.357 e. The smallest absolute Gasteiger partial charge is 0.357 e. The van der Waals surface area contributed by atoms with Crippen molar-refractivity contribution in [2.45, 2.75) is 6.92 Å². The van der Waals surface area contributed by atoms with Crippen LogP contribution in [0.3, 0.4) is 0 Å². The third kappa shape index (κ3) is 2.35. The minimum absolute atomic E-state index is 0.0300. The Kier molecular flexibility index (Phi) is 3.81. The molecule has 0 atom stereocenters. The molecule has 0 aliphatic carbocycles. The van der Waals surface area contributed by atoms with Crippen molar-refractivity contribution in [2.24, 2.45) is 0 Å². The molecule has 0 aliphatic rings. The van der Waals surface area contributed by atoms with E-state index < -0.39 is 10.9 Å². The van der Waals surface area contributed by atoms with Crippen LogP contribution < -0.4 is 5.73 Å². The zero-order valence-corrected chi connectivity index (χ0v) is 11.9. The summed E-state index contributed by atoms with van der Waals surface area (Å²) >= 11 is 0. The minimum atomic E-state index is -0.734. The van der Waals surface area contributed by atoms with Gasteiger partial charge in [-0.3, -0.25) is 10.1 Å². The van der Waals surface area contributed by atoms with E-state index in [0.29, 0.717) is 11.3 Å². The van der Waals surface area contributed by atoms with E-state index in [1.54, 1.807) is 19.1 Å². The van der Waals surface area contributed by atoms with Crippen LogP contribution in [-0.2, 0) is 4.74 Å². The molecule has 0 saturated heterocycles. The standard InChI is InChI=1S/C14H12N4O4/c1-8-3-4-10(5-11(8)18(20)21)17-7-9(6-15)12(16)13(17)14(19)22-2/h3-5,7H,16H2,1-2H3. The lowest BCUT2D eigenvalue weighted by molar-refractivity contribution is -0.385. The molecule has 2 N–H and O–H groups in total. The second-order valence-electron chi connectivity index (χ2n) is 4.51. The second kappa shape index (κ2) is 5.57. The highest BCUT2D eigenvalue weighted by atomic mass is 16.6. The Labute approximate surface area is 125 Å². The fourth-order valence-electron chi connectivity index (χ4n) is 2.06. The van der Waals surface area contributed by atoms with Crippen molar-refractivity contribution in [1.29, 1.82) is 5.26 Å². The highest BCUT2D eigenvalue weighted by molar-refractivity contribution is 5.96. The number of nitrogen functional groups attached to an aromatic ring is 1. The molecule has 8 nitrogen and oxygen atoms in total. The predicted octanol–water partition coefficient (Wildman–Crippen LogP) is 1.93. The number of esters is 1. The van der Waals surface area contributed by atoms with Crippen molar-refractivity contribution in [1.82, 2.24) is 4.57 Å². The number of methoxy groups -OCH3 is 1. The number of benzene rings is 1. The molecule has 8 heteroatoms. The number of nitrogens with two attached hydrogens (primary N) is 1. The molecule has 1 heterocycles. The van der Waals surface area contributed by atoms with E-state index in [2.05, 4.69) is 4.74 Å². The molecule has 112 valence electrons. The number of aromatic nitrogens is 1. The van der Waals surface area contributed by atoms with Gasteiger partial charge in [-0.15, -0.1) is 0 Å². The number of carbonyl (C=O) groups is 1. The number of nitrogens with zero attached hydrogens (tertiary/aromatic N) is 3. The van der Waals surface area contributed by atoms with Gasteiger partial charge in [-0.1, -0.05) is 6.07 Å². The molecular formula is C14H12N4O4. The summed E-state index contributed by atoms with van der Waals surface area (Å²) in [5.74, 6) is -0.734. The van der Waals surface area contributed by atoms with Crippen molar-refractivity contribution in [3.63, 3.8) is 0 Å². The lowest BCUT2D eigenvalue weighted by Crippen LogP contribution is -2.11. The molecule has 22 heavy (non-hydrogen) atoms. The van der Waals surface area contributed by atoms with Crippen molar-refractivity contribution in [2.75, 3.05) is 12.8 Å². The normalized spacial score (nSPS) is 10.0. The molecular weight excluding hydrogens is 288 g/mol. The number of anilines is 1. The first-order valence-corrected chi connectivity index (χ1v) is 6.15. The van der Waals surface area contributed by atoms with Crippen molar-refractivity contribution in [3.8, 4) is 11.8 Å². The minimum Gasteiger partial charge on any atom is -0.464 e. The molecule has 0 radical (unpaired) electrons. The summed E-state index contributed by atoms with van der Waals surface area (Å²) in [6.45, 7) is 1.61. The largest absolute Gasteiger partial charge is 0.464 e. The summed E-state index contributed by atoms with van der Waals surface area (Å²) in [6.07, 6.45) is 1.34. The molecule has 1 aromatic carbocycles. The van der Waals surface area contributed by atoms with E-state index >= 15 is 0 Å². The average Bonchev–Trinajstić information content (AvgIpc) is 2.83. The number of nitro benzene ring substituents is 1. The fraction of sp³-hybridized carbons (Fsp3) is 0.143. The van der Waals surface area contributed by atoms with Gasteiger partial charge < -0.3 is 15.0 Å². The predicted molar refractivity (Wildman–Crippen MR) is 77.6 cm³/mol. The van der Waals surface area contributed by atoms with Crippen LogP contribution in [0.25, 0.3) is 5.69 Å². The van der Waals surface area contributed by atoms with Gasteiger partial charge >= 0.3 is 5.97 Å². The van der Waals surface area contributed by atoms with Crippen LogP contribution in [0, 0.1) is 28.4 Å². The molecule has 0 bridgehead atoms. The number of nitriles is 1. The molecule has 2 rings (SSSR count). The van der Waals surface area contributed by atoms with Crippen LogP contribution in [0.4, 0.5) is 11.4 Å². The Balaban J connectivity index is 2.73. The third-order valence-corrected chi connectivity index (χ3v) is 3.21. The van der Waals surface area contributed by atoms with Gasteiger partial charge in [-0.25, -0.2) is 4.79 Å². The molecule has 0 unspecified atom stereocenters. The van der Waals surface area contributed by atoms with Gasteiger partial charge in [-0.2, -0.15) is 5.26 Å². The maximum atomic E-state index is 11.9. The summed E-state index contributed by atoms with van der Waals surface area (Å²) in [5, 5.41) is 20.1. The topological polar surface area (TPSA) is 124 Å². The van der Waals surface area contributed by atoms with Gasteiger partial charge in [0.25, 0.3) is 5.69 Å². The van der Waals surface area contributed by atoms with Crippen LogP contribution in [0.5, 0.6) is 0 Å². The van der Waals surface area contributed by atoms with Crippen molar-refractivity contribution < 1.29 is 14.5 Å². The lowest BCUT2D eigenvalue weighted by Gasteiger charge is -2.09. The molecule has 0 spiro atoms. The summed E-state index contributed by atoms with van der Waals surface area (Å²) in [4.78, 5) is 22.4. The SMILES string of the molecule is COC(=O)c1c(N)c(C#N)cn1-c1ccc(C)c([N+](=O)[O-])c1. The Bertz CT molecular complexity index is 817. The Hall–Kier alpha value is -3.34. The lowest BCUT2D eigenvalue weighted by atomic mass is 10.2. The summed E-state index contributed by atoms with van der Waals surface area (Å²) < 4.78 is 5.97. The molecule has 0 fully saturated rings. The van der Waals surface area contributed by atoms with Gasteiger partial charge in [0, 0.05) is 17.8 Å². The Morgan fingerprint density at radius 1 is 1.50 bits per heavy atom. The van der Waals surface area contributed by atoms with Crippen LogP contribution in [-0.4, -0.2) is 22.6 Å². The average molecular weight is 300 g/mol. The number of hydrogen-bond acceptors (Lipinski definition) is 6. The monoisotopic (exact) mass is 300 g/mol. The second-order valence-corrected chi connectivity index (χ2v) is 4.51. The Morgan fingerprint density at radius 3 is 2.73 bits per heavy atom. The van der Waals surface area contributed by atoms with E-state index in [1.165, 1.54) is 23.9 Å². The third-order valence-electron chi connectivity index (χ3n) is 3.21. The van der Waals surface area contributed by atoms with Gasteiger partial charge in [0.1, 0.15) is 6.07 Å². The molecule has 0 saturated carbocycles. The van der Waals surface area contributed by atoms with Crippen LogP contribution in [0.2, 0.25) is 0 Å². The number of rotatable bonds is 3. The van der Waals surface area contributed by atoms with Crippen LogP contribution >= 0.6 is 0 Å². The first kappa shape index (κ1) is 15.1. The van der Waals surface area contributed by atoms with Crippen LogP contribution in [0.1, 0.15) is 21.6 Å².